The molecule has 0 aliphatic carbocycles. The molecule has 1 rings (SSSR count). The van der Waals surface area contributed by atoms with Gasteiger partial charge in [0, 0.05) is 13.2 Å². The highest BCUT2D eigenvalue weighted by atomic mass is 16.5. The molecule has 6 heteroatoms. The number of nitrogens with one attached hydrogen (secondary N) is 2. The maximum atomic E-state index is 11.6. The second-order valence-corrected chi connectivity index (χ2v) is 4.64. The summed E-state index contributed by atoms with van der Waals surface area (Å²) in [5.74, 6) is -1.08. The van der Waals surface area contributed by atoms with E-state index >= 15 is 0 Å². The van der Waals surface area contributed by atoms with Crippen molar-refractivity contribution in [3.8, 4) is 0 Å². The van der Waals surface area contributed by atoms with E-state index in [1.807, 2.05) is 6.92 Å². The van der Waals surface area contributed by atoms with Crippen LogP contribution in [-0.2, 0) is 9.53 Å². The Balaban J connectivity index is 2.35. The minimum atomic E-state index is -1.08. The minimum absolute atomic E-state index is 0.191. The number of aliphatic carboxylic acids is 1. The Labute approximate surface area is 106 Å². The predicted molar refractivity (Wildman–Crippen MR) is 66.4 cm³/mol. The molecule has 2 amide bonds. The second kappa shape index (κ2) is 6.39. The molecule has 0 saturated carbocycles. The van der Waals surface area contributed by atoms with Crippen molar-refractivity contribution >= 4 is 12.0 Å². The number of carbonyl (C=O) groups excluding carboxylic acids is 1. The molecule has 0 bridgehead atoms. The summed E-state index contributed by atoms with van der Waals surface area (Å²) in [5.41, 5.74) is -0.339. The maximum Gasteiger partial charge on any atom is 0.326 e. The summed E-state index contributed by atoms with van der Waals surface area (Å²) in [6.45, 7) is 6.46. The first kappa shape index (κ1) is 14.5. The van der Waals surface area contributed by atoms with E-state index in [9.17, 15) is 9.59 Å². The smallest absolute Gasteiger partial charge is 0.326 e. The van der Waals surface area contributed by atoms with Crippen molar-refractivity contribution in [2.75, 3.05) is 13.2 Å². The zero-order chi connectivity index (χ0) is 13.6. The molecule has 0 aromatic carbocycles. The van der Waals surface area contributed by atoms with Crippen molar-refractivity contribution in [2.24, 2.45) is 0 Å². The highest BCUT2D eigenvalue weighted by Gasteiger charge is 2.30. The third kappa shape index (κ3) is 4.37. The number of carboxylic acids is 1. The molecule has 102 valence electrons. The van der Waals surface area contributed by atoms with Gasteiger partial charge in [-0.15, -0.1) is 6.58 Å². The van der Waals surface area contributed by atoms with Gasteiger partial charge in [-0.05, 0) is 26.2 Å². The van der Waals surface area contributed by atoms with E-state index in [0.29, 0.717) is 13.2 Å². The molecule has 1 aliphatic heterocycles. The van der Waals surface area contributed by atoms with E-state index < -0.39 is 18.0 Å². The van der Waals surface area contributed by atoms with Crippen LogP contribution in [0.4, 0.5) is 4.79 Å². The number of rotatable bonds is 6. The lowest BCUT2D eigenvalue weighted by molar-refractivity contribution is -0.139. The van der Waals surface area contributed by atoms with Gasteiger partial charge in [0.1, 0.15) is 6.04 Å². The van der Waals surface area contributed by atoms with Gasteiger partial charge in [-0.2, -0.15) is 0 Å². The number of carbonyl (C=O) groups is 2. The predicted octanol–water partition coefficient (Wildman–Crippen LogP) is 0.884. The summed E-state index contributed by atoms with van der Waals surface area (Å²) in [6, 6.07) is -1.44. The molecule has 0 aromatic rings. The number of urea groups is 1. The maximum absolute atomic E-state index is 11.6. The molecule has 2 atom stereocenters. The average molecular weight is 256 g/mol. The average Bonchev–Trinajstić information content (AvgIpc) is 2.73. The Morgan fingerprint density at radius 1 is 1.61 bits per heavy atom. The van der Waals surface area contributed by atoms with Gasteiger partial charge in [-0.25, -0.2) is 9.59 Å². The summed E-state index contributed by atoms with van der Waals surface area (Å²) < 4.78 is 5.52. The van der Waals surface area contributed by atoms with Crippen LogP contribution in [0.25, 0.3) is 0 Å². The van der Waals surface area contributed by atoms with Crippen molar-refractivity contribution in [3.63, 3.8) is 0 Å². The molecule has 1 heterocycles. The fraction of sp³-hybridized carbons (Fsp3) is 0.667. The van der Waals surface area contributed by atoms with Crippen LogP contribution in [0, 0.1) is 0 Å². The van der Waals surface area contributed by atoms with Crippen LogP contribution in [0.3, 0.4) is 0 Å². The Kier molecular flexibility index (Phi) is 5.15. The third-order valence-electron chi connectivity index (χ3n) is 2.93. The topological polar surface area (TPSA) is 87.7 Å². The molecular weight excluding hydrogens is 236 g/mol. The van der Waals surface area contributed by atoms with Crippen molar-refractivity contribution in [2.45, 2.75) is 37.8 Å². The van der Waals surface area contributed by atoms with Crippen LogP contribution in [0.1, 0.15) is 26.2 Å². The Bertz CT molecular complexity index is 324. The summed E-state index contributed by atoms with van der Waals surface area (Å²) >= 11 is 0. The molecular formula is C12H20N2O4. The van der Waals surface area contributed by atoms with Gasteiger partial charge in [-0.1, -0.05) is 6.08 Å². The van der Waals surface area contributed by atoms with E-state index in [4.69, 9.17) is 9.84 Å². The normalized spacial score (nSPS) is 24.3. The fourth-order valence-corrected chi connectivity index (χ4v) is 1.84. The van der Waals surface area contributed by atoms with Gasteiger partial charge in [-0.3, -0.25) is 0 Å². The van der Waals surface area contributed by atoms with E-state index in [2.05, 4.69) is 17.2 Å². The van der Waals surface area contributed by atoms with Gasteiger partial charge in [0.2, 0.25) is 0 Å². The van der Waals surface area contributed by atoms with Gasteiger partial charge in [0.15, 0.2) is 0 Å². The highest BCUT2D eigenvalue weighted by Crippen LogP contribution is 2.23. The van der Waals surface area contributed by atoms with Crippen molar-refractivity contribution in [3.05, 3.63) is 12.7 Å². The number of hydrogen-bond donors (Lipinski definition) is 3. The van der Waals surface area contributed by atoms with Gasteiger partial charge >= 0.3 is 12.0 Å². The van der Waals surface area contributed by atoms with E-state index in [-0.39, 0.29) is 12.0 Å². The monoisotopic (exact) mass is 256 g/mol. The zero-order valence-corrected chi connectivity index (χ0v) is 10.6. The van der Waals surface area contributed by atoms with Gasteiger partial charge in [0.05, 0.1) is 5.60 Å². The number of carboxylic acid groups (broad SMARTS) is 1. The Morgan fingerprint density at radius 3 is 2.83 bits per heavy atom. The first-order valence-electron chi connectivity index (χ1n) is 5.99. The number of hydrogen-bond acceptors (Lipinski definition) is 3. The van der Waals surface area contributed by atoms with Crippen molar-refractivity contribution in [1.29, 1.82) is 0 Å². The molecule has 18 heavy (non-hydrogen) atoms. The number of amides is 2. The summed E-state index contributed by atoms with van der Waals surface area (Å²) in [4.78, 5) is 22.4. The molecule has 1 saturated heterocycles. The highest BCUT2D eigenvalue weighted by molar-refractivity contribution is 5.82. The SMILES string of the molecule is C=CCC(NC(=O)NCC1(C)CCCO1)C(=O)O. The fourth-order valence-electron chi connectivity index (χ4n) is 1.84. The zero-order valence-electron chi connectivity index (χ0n) is 10.6. The lowest BCUT2D eigenvalue weighted by atomic mass is 10.0. The second-order valence-electron chi connectivity index (χ2n) is 4.64. The third-order valence-corrected chi connectivity index (χ3v) is 2.93. The van der Waals surface area contributed by atoms with Crippen LogP contribution in [0.5, 0.6) is 0 Å². The first-order valence-corrected chi connectivity index (χ1v) is 5.99. The standard InChI is InChI=1S/C12H20N2O4/c1-3-5-9(10(15)16)14-11(17)13-8-12(2)6-4-7-18-12/h3,9H,1,4-8H2,2H3,(H,15,16)(H2,13,14,17). The first-order chi connectivity index (χ1) is 8.47. The van der Waals surface area contributed by atoms with E-state index in [1.54, 1.807) is 0 Å². The van der Waals surface area contributed by atoms with E-state index in [1.165, 1.54) is 6.08 Å². The van der Waals surface area contributed by atoms with Gasteiger partial charge in [0.25, 0.3) is 0 Å². The lowest BCUT2D eigenvalue weighted by Crippen LogP contribution is -2.49. The van der Waals surface area contributed by atoms with Crippen LogP contribution in [0.2, 0.25) is 0 Å². The summed E-state index contributed by atoms with van der Waals surface area (Å²) in [6.07, 6.45) is 3.52. The molecule has 0 spiro atoms. The molecule has 0 radical (unpaired) electrons. The largest absolute Gasteiger partial charge is 0.480 e. The number of ether oxygens (including phenoxy) is 1. The Hall–Kier alpha value is -1.56. The van der Waals surface area contributed by atoms with E-state index in [0.717, 1.165) is 12.8 Å². The molecule has 0 aromatic heterocycles. The minimum Gasteiger partial charge on any atom is -0.480 e. The van der Waals surface area contributed by atoms with Crippen LogP contribution >= 0.6 is 0 Å². The van der Waals surface area contributed by atoms with Crippen LogP contribution in [0.15, 0.2) is 12.7 Å². The van der Waals surface area contributed by atoms with Crippen molar-refractivity contribution in [1.82, 2.24) is 10.6 Å². The quantitative estimate of drug-likeness (QED) is 0.616. The molecule has 1 fully saturated rings. The molecule has 1 aliphatic rings. The summed E-state index contributed by atoms with van der Waals surface area (Å²) in [7, 11) is 0. The van der Waals surface area contributed by atoms with Crippen LogP contribution in [-0.4, -0.2) is 41.9 Å². The van der Waals surface area contributed by atoms with Crippen LogP contribution < -0.4 is 10.6 Å². The molecule has 2 unspecified atom stereocenters. The van der Waals surface area contributed by atoms with Crippen molar-refractivity contribution < 1.29 is 19.4 Å². The molecule has 6 nitrogen and oxygen atoms in total. The molecule has 3 N–H and O–H groups in total. The lowest BCUT2D eigenvalue weighted by Gasteiger charge is -2.24. The Morgan fingerprint density at radius 2 is 2.33 bits per heavy atom. The summed E-state index contributed by atoms with van der Waals surface area (Å²) in [5, 5.41) is 13.9. The van der Waals surface area contributed by atoms with Gasteiger partial charge < -0.3 is 20.5 Å².